The summed E-state index contributed by atoms with van der Waals surface area (Å²) in [5.74, 6) is 1.06. The van der Waals surface area contributed by atoms with E-state index in [0.29, 0.717) is 28.3 Å². The molecule has 0 aliphatic heterocycles. The van der Waals surface area contributed by atoms with Crippen LogP contribution in [0.15, 0.2) is 36.8 Å². The molecule has 0 atom stereocenters. The summed E-state index contributed by atoms with van der Waals surface area (Å²) < 4.78 is 21.7. The molecule has 5 heteroatoms. The molecule has 4 nitrogen and oxygen atoms in total. The van der Waals surface area contributed by atoms with Gasteiger partial charge in [-0.2, -0.15) is 5.10 Å². The maximum absolute atomic E-state index is 14.3. The van der Waals surface area contributed by atoms with Crippen LogP contribution in [0.5, 0.6) is 11.5 Å². The van der Waals surface area contributed by atoms with Gasteiger partial charge in [-0.15, -0.1) is 0 Å². The molecular formula is C16H16FN3O. The number of hydrogen-bond acceptors (Lipinski definition) is 3. The lowest BCUT2D eigenvalue weighted by atomic mass is 10.00. The van der Waals surface area contributed by atoms with Gasteiger partial charge in [0.25, 0.3) is 0 Å². The van der Waals surface area contributed by atoms with Crippen LogP contribution < -0.4 is 4.74 Å². The minimum atomic E-state index is -0.203. The van der Waals surface area contributed by atoms with Crippen molar-refractivity contribution >= 4 is 5.65 Å². The third-order valence-corrected chi connectivity index (χ3v) is 3.47. The van der Waals surface area contributed by atoms with Crippen LogP contribution in [0.3, 0.4) is 0 Å². The lowest BCUT2D eigenvalue weighted by Crippen LogP contribution is -1.98. The van der Waals surface area contributed by atoms with Gasteiger partial charge >= 0.3 is 0 Å². The molecule has 0 saturated heterocycles. The van der Waals surface area contributed by atoms with E-state index in [1.54, 1.807) is 35.8 Å². The van der Waals surface area contributed by atoms with E-state index in [9.17, 15) is 4.39 Å². The van der Waals surface area contributed by atoms with Gasteiger partial charge in [0.1, 0.15) is 23.6 Å². The summed E-state index contributed by atoms with van der Waals surface area (Å²) in [4.78, 5) is 4.10. The summed E-state index contributed by atoms with van der Waals surface area (Å²) in [6.07, 6.45) is 3.23. The number of pyridine rings is 1. The smallest absolute Gasteiger partial charge is 0.158 e. The van der Waals surface area contributed by atoms with Gasteiger partial charge < -0.3 is 4.74 Å². The monoisotopic (exact) mass is 285 g/mol. The second-order valence-electron chi connectivity index (χ2n) is 5.27. The fraction of sp³-hybridized carbons (Fsp3) is 0.250. The number of rotatable bonds is 3. The molecule has 0 bridgehead atoms. The molecule has 2 aromatic heterocycles. The summed E-state index contributed by atoms with van der Waals surface area (Å²) in [5, 5.41) is 4.02. The Hall–Kier alpha value is -2.43. The summed E-state index contributed by atoms with van der Waals surface area (Å²) in [6.45, 7) is 5.67. The Morgan fingerprint density at radius 3 is 2.81 bits per heavy atom. The molecule has 0 aliphatic rings. The standard InChI is InChI=1S/C16H16FN3O/c1-10(2)13-4-5-14(11(3)16(13)17)21-12-6-7-20-15(8-12)18-9-19-20/h4-10H,1-3H3. The summed E-state index contributed by atoms with van der Waals surface area (Å²) in [6, 6.07) is 7.12. The van der Waals surface area contributed by atoms with E-state index in [2.05, 4.69) is 10.1 Å². The molecule has 2 heterocycles. The molecule has 21 heavy (non-hydrogen) atoms. The maximum Gasteiger partial charge on any atom is 0.158 e. The molecule has 0 amide bonds. The van der Waals surface area contributed by atoms with E-state index in [-0.39, 0.29) is 11.7 Å². The molecule has 0 spiro atoms. The lowest BCUT2D eigenvalue weighted by Gasteiger charge is -2.14. The van der Waals surface area contributed by atoms with E-state index in [0.717, 1.165) is 0 Å². The van der Waals surface area contributed by atoms with Crippen LogP contribution in [-0.4, -0.2) is 14.6 Å². The van der Waals surface area contributed by atoms with Crippen LogP contribution in [0.25, 0.3) is 5.65 Å². The molecule has 0 saturated carbocycles. The van der Waals surface area contributed by atoms with Crippen LogP contribution in [0.1, 0.15) is 30.9 Å². The van der Waals surface area contributed by atoms with Crippen LogP contribution >= 0.6 is 0 Å². The van der Waals surface area contributed by atoms with Crippen molar-refractivity contribution in [2.75, 3.05) is 0 Å². The maximum atomic E-state index is 14.3. The largest absolute Gasteiger partial charge is 0.457 e. The van der Waals surface area contributed by atoms with Crippen molar-refractivity contribution in [3.8, 4) is 11.5 Å². The lowest BCUT2D eigenvalue weighted by molar-refractivity contribution is 0.468. The summed E-state index contributed by atoms with van der Waals surface area (Å²) in [7, 11) is 0. The molecule has 108 valence electrons. The molecular weight excluding hydrogens is 269 g/mol. The fourth-order valence-electron chi connectivity index (χ4n) is 2.23. The predicted molar refractivity (Wildman–Crippen MR) is 78.3 cm³/mol. The van der Waals surface area contributed by atoms with Crippen molar-refractivity contribution < 1.29 is 9.13 Å². The molecule has 3 rings (SSSR count). The number of ether oxygens (including phenoxy) is 1. The molecule has 0 N–H and O–H groups in total. The van der Waals surface area contributed by atoms with E-state index in [1.807, 2.05) is 19.9 Å². The Bertz CT molecular complexity index is 795. The highest BCUT2D eigenvalue weighted by atomic mass is 19.1. The molecule has 1 aromatic carbocycles. The minimum absolute atomic E-state index is 0.144. The molecule has 0 unspecified atom stereocenters. The molecule has 0 aliphatic carbocycles. The molecule has 0 radical (unpaired) electrons. The van der Waals surface area contributed by atoms with Crippen molar-refractivity contribution in [1.82, 2.24) is 14.6 Å². The Labute approximate surface area is 122 Å². The van der Waals surface area contributed by atoms with Crippen molar-refractivity contribution in [2.45, 2.75) is 26.7 Å². The molecule has 0 fully saturated rings. The Morgan fingerprint density at radius 1 is 1.24 bits per heavy atom. The van der Waals surface area contributed by atoms with E-state index in [4.69, 9.17) is 4.74 Å². The Balaban J connectivity index is 1.95. The van der Waals surface area contributed by atoms with E-state index in [1.165, 1.54) is 6.33 Å². The van der Waals surface area contributed by atoms with Gasteiger partial charge in [0.2, 0.25) is 0 Å². The highest BCUT2D eigenvalue weighted by Gasteiger charge is 2.14. The van der Waals surface area contributed by atoms with Gasteiger partial charge in [-0.3, -0.25) is 0 Å². The molecule has 3 aromatic rings. The SMILES string of the molecule is Cc1c(Oc2ccn3ncnc3c2)ccc(C(C)C)c1F. The number of benzene rings is 1. The first-order valence-corrected chi connectivity index (χ1v) is 6.82. The first kappa shape index (κ1) is 13.5. The van der Waals surface area contributed by atoms with Crippen LogP contribution in [0, 0.1) is 12.7 Å². The zero-order valence-electron chi connectivity index (χ0n) is 12.2. The normalized spacial score (nSPS) is 11.3. The summed E-state index contributed by atoms with van der Waals surface area (Å²) >= 11 is 0. The number of halogens is 1. The van der Waals surface area contributed by atoms with Crippen molar-refractivity contribution in [3.63, 3.8) is 0 Å². The van der Waals surface area contributed by atoms with Crippen molar-refractivity contribution in [2.24, 2.45) is 0 Å². The first-order valence-electron chi connectivity index (χ1n) is 6.82. The topological polar surface area (TPSA) is 39.4 Å². The Morgan fingerprint density at radius 2 is 2.05 bits per heavy atom. The van der Waals surface area contributed by atoms with Crippen LogP contribution in [-0.2, 0) is 0 Å². The third-order valence-electron chi connectivity index (χ3n) is 3.47. The van der Waals surface area contributed by atoms with Gasteiger partial charge in [0, 0.05) is 17.8 Å². The highest BCUT2D eigenvalue weighted by Crippen LogP contribution is 2.31. The van der Waals surface area contributed by atoms with E-state index < -0.39 is 0 Å². The van der Waals surface area contributed by atoms with Gasteiger partial charge in [0.05, 0.1) is 0 Å². The van der Waals surface area contributed by atoms with Gasteiger partial charge in [0.15, 0.2) is 5.65 Å². The van der Waals surface area contributed by atoms with Gasteiger partial charge in [-0.1, -0.05) is 19.9 Å². The number of nitrogens with zero attached hydrogens (tertiary/aromatic N) is 3. The average Bonchev–Trinajstić information content (AvgIpc) is 2.91. The minimum Gasteiger partial charge on any atom is -0.457 e. The van der Waals surface area contributed by atoms with Crippen molar-refractivity contribution in [1.29, 1.82) is 0 Å². The average molecular weight is 285 g/mol. The zero-order chi connectivity index (χ0) is 15.0. The third kappa shape index (κ3) is 2.46. The zero-order valence-corrected chi connectivity index (χ0v) is 12.2. The van der Waals surface area contributed by atoms with Crippen LogP contribution in [0.4, 0.5) is 4.39 Å². The number of aromatic nitrogens is 3. The van der Waals surface area contributed by atoms with Crippen molar-refractivity contribution in [3.05, 3.63) is 53.7 Å². The van der Waals surface area contributed by atoms with Crippen LogP contribution in [0.2, 0.25) is 0 Å². The van der Waals surface area contributed by atoms with E-state index >= 15 is 0 Å². The number of hydrogen-bond donors (Lipinski definition) is 0. The quantitative estimate of drug-likeness (QED) is 0.727. The predicted octanol–water partition coefficient (Wildman–Crippen LogP) is 4.09. The van der Waals surface area contributed by atoms with Gasteiger partial charge in [-0.05, 0) is 30.5 Å². The second kappa shape index (κ2) is 5.16. The first-order chi connectivity index (χ1) is 10.1. The highest BCUT2D eigenvalue weighted by molar-refractivity contribution is 5.46. The number of fused-ring (bicyclic) bond motifs is 1. The Kier molecular flexibility index (Phi) is 3.33. The second-order valence-corrected chi connectivity index (χ2v) is 5.27. The fourth-order valence-corrected chi connectivity index (χ4v) is 2.23. The summed E-state index contributed by atoms with van der Waals surface area (Å²) in [5.41, 5.74) is 1.90. The van der Waals surface area contributed by atoms with Gasteiger partial charge in [-0.25, -0.2) is 13.9 Å².